The van der Waals surface area contributed by atoms with Gasteiger partial charge < -0.3 is 5.73 Å². The molecule has 0 atom stereocenters. The molecule has 0 unspecified atom stereocenters. The van der Waals surface area contributed by atoms with E-state index in [0.717, 1.165) is 12.4 Å². The molecule has 2 N–H and O–H groups in total. The lowest BCUT2D eigenvalue weighted by Crippen LogP contribution is -2.03. The minimum absolute atomic E-state index is 0.465. The molecule has 2 aromatic heterocycles. The second kappa shape index (κ2) is 4.22. The number of nitrogen functional groups attached to an aromatic ring is 1. The lowest BCUT2D eigenvalue weighted by atomic mass is 10.1. The van der Waals surface area contributed by atoms with Crippen LogP contribution in [-0.4, -0.2) is 14.8 Å². The Morgan fingerprint density at radius 2 is 1.95 bits per heavy atom. The zero-order valence-corrected chi connectivity index (χ0v) is 10.1. The van der Waals surface area contributed by atoms with Crippen molar-refractivity contribution in [3.8, 4) is 5.69 Å². The maximum atomic E-state index is 12.6. The second-order valence-electron chi connectivity index (χ2n) is 4.24. The van der Waals surface area contributed by atoms with Gasteiger partial charge in [0.2, 0.25) is 0 Å². The molecule has 0 aliphatic heterocycles. The van der Waals surface area contributed by atoms with Crippen molar-refractivity contribution in [3.05, 3.63) is 48.4 Å². The van der Waals surface area contributed by atoms with Gasteiger partial charge in [-0.15, -0.1) is 0 Å². The molecule has 3 aromatic rings. The van der Waals surface area contributed by atoms with E-state index in [1.54, 1.807) is 30.5 Å². The Morgan fingerprint density at radius 1 is 1.15 bits per heavy atom. The van der Waals surface area contributed by atoms with Crippen LogP contribution in [0.5, 0.6) is 0 Å². The highest BCUT2D eigenvalue weighted by Crippen LogP contribution is 2.30. The van der Waals surface area contributed by atoms with E-state index >= 15 is 0 Å². The second-order valence-corrected chi connectivity index (χ2v) is 4.24. The molecule has 0 amide bonds. The number of pyridine rings is 1. The van der Waals surface area contributed by atoms with Crippen LogP contribution in [-0.2, 0) is 6.18 Å². The van der Waals surface area contributed by atoms with Gasteiger partial charge in [0.25, 0.3) is 0 Å². The molecule has 0 radical (unpaired) electrons. The average molecular weight is 278 g/mol. The van der Waals surface area contributed by atoms with Crippen LogP contribution in [0.1, 0.15) is 5.56 Å². The summed E-state index contributed by atoms with van der Waals surface area (Å²) in [6.45, 7) is 0. The van der Waals surface area contributed by atoms with E-state index in [9.17, 15) is 13.2 Å². The van der Waals surface area contributed by atoms with Crippen LogP contribution in [0.2, 0.25) is 0 Å². The summed E-state index contributed by atoms with van der Waals surface area (Å²) in [5, 5.41) is 4.40. The fourth-order valence-electron chi connectivity index (χ4n) is 1.98. The van der Waals surface area contributed by atoms with Gasteiger partial charge in [-0.2, -0.15) is 18.3 Å². The molecule has 0 aliphatic carbocycles. The molecule has 1 aromatic carbocycles. The number of nitrogens with two attached hydrogens (primary N) is 1. The van der Waals surface area contributed by atoms with E-state index in [1.807, 2.05) is 0 Å². The molecule has 0 fully saturated rings. The van der Waals surface area contributed by atoms with E-state index in [2.05, 4.69) is 10.1 Å². The van der Waals surface area contributed by atoms with E-state index < -0.39 is 11.7 Å². The van der Waals surface area contributed by atoms with Crippen LogP contribution >= 0.6 is 0 Å². The van der Waals surface area contributed by atoms with Crippen molar-refractivity contribution >= 4 is 16.6 Å². The van der Waals surface area contributed by atoms with Gasteiger partial charge >= 0.3 is 6.18 Å². The maximum Gasteiger partial charge on any atom is 0.419 e. The lowest BCUT2D eigenvalue weighted by Gasteiger charge is -2.08. The minimum atomic E-state index is -4.42. The first kappa shape index (κ1) is 12.5. The van der Waals surface area contributed by atoms with Crippen LogP contribution in [0.4, 0.5) is 18.9 Å². The van der Waals surface area contributed by atoms with Crippen LogP contribution in [0, 0.1) is 0 Å². The highest BCUT2D eigenvalue weighted by molar-refractivity contribution is 5.95. The first-order valence-corrected chi connectivity index (χ1v) is 5.72. The molecule has 20 heavy (non-hydrogen) atoms. The largest absolute Gasteiger partial charge is 0.419 e. The highest BCUT2D eigenvalue weighted by Gasteiger charge is 2.32. The fraction of sp³-hybridized carbons (Fsp3) is 0.0769. The fourth-order valence-corrected chi connectivity index (χ4v) is 1.98. The van der Waals surface area contributed by atoms with Gasteiger partial charge in [0, 0.05) is 17.8 Å². The zero-order valence-electron chi connectivity index (χ0n) is 10.1. The zero-order chi connectivity index (χ0) is 14.3. The van der Waals surface area contributed by atoms with Crippen LogP contribution < -0.4 is 5.73 Å². The van der Waals surface area contributed by atoms with Crippen LogP contribution in [0.15, 0.2) is 42.9 Å². The molecular weight excluding hydrogens is 269 g/mol. The van der Waals surface area contributed by atoms with Gasteiger partial charge in [-0.25, -0.2) is 4.68 Å². The molecule has 0 spiro atoms. The molecule has 102 valence electrons. The monoisotopic (exact) mass is 278 g/mol. The smallest absolute Gasteiger partial charge is 0.397 e. The highest BCUT2D eigenvalue weighted by atomic mass is 19.4. The molecule has 0 aliphatic rings. The van der Waals surface area contributed by atoms with Gasteiger partial charge in [0.15, 0.2) is 0 Å². The van der Waals surface area contributed by atoms with Gasteiger partial charge in [-0.3, -0.25) is 4.98 Å². The summed E-state index contributed by atoms with van der Waals surface area (Å²) in [5.74, 6) is 0. The summed E-state index contributed by atoms with van der Waals surface area (Å²) in [5.41, 5.74) is 6.51. The van der Waals surface area contributed by atoms with Gasteiger partial charge in [0.05, 0.1) is 28.7 Å². The Labute approximate surface area is 111 Å². The molecule has 2 heterocycles. The number of hydrogen-bond donors (Lipinski definition) is 1. The maximum absolute atomic E-state index is 12.6. The van der Waals surface area contributed by atoms with Crippen molar-refractivity contribution in [3.63, 3.8) is 0 Å². The van der Waals surface area contributed by atoms with Crippen molar-refractivity contribution in [2.24, 2.45) is 0 Å². The van der Waals surface area contributed by atoms with Crippen molar-refractivity contribution in [2.75, 3.05) is 5.73 Å². The normalized spacial score (nSPS) is 11.9. The summed E-state index contributed by atoms with van der Waals surface area (Å²) >= 11 is 0. The summed E-state index contributed by atoms with van der Waals surface area (Å²) in [6, 6.07) is 6.65. The number of alkyl halides is 3. The van der Waals surface area contributed by atoms with Gasteiger partial charge in [0.1, 0.15) is 0 Å². The van der Waals surface area contributed by atoms with Crippen LogP contribution in [0.25, 0.3) is 16.6 Å². The minimum Gasteiger partial charge on any atom is -0.397 e. The van der Waals surface area contributed by atoms with Crippen molar-refractivity contribution in [2.45, 2.75) is 6.18 Å². The number of anilines is 1. The Bertz CT molecular complexity index is 777. The van der Waals surface area contributed by atoms with E-state index in [-0.39, 0.29) is 0 Å². The molecule has 4 nitrogen and oxygen atoms in total. The molecular formula is C13H9F3N4. The van der Waals surface area contributed by atoms with Gasteiger partial charge in [-0.1, -0.05) is 0 Å². The molecule has 7 heteroatoms. The number of halogens is 3. The number of fused-ring (bicyclic) bond motifs is 1. The Balaban J connectivity index is 2.20. The Morgan fingerprint density at radius 3 is 2.65 bits per heavy atom. The third-order valence-electron chi connectivity index (χ3n) is 2.93. The predicted molar refractivity (Wildman–Crippen MR) is 68.3 cm³/mol. The number of hydrogen-bond acceptors (Lipinski definition) is 3. The molecule has 0 saturated heterocycles. The number of rotatable bonds is 1. The van der Waals surface area contributed by atoms with E-state index in [0.29, 0.717) is 22.3 Å². The quantitative estimate of drug-likeness (QED) is 0.696. The summed E-state index contributed by atoms with van der Waals surface area (Å²) < 4.78 is 39.0. The van der Waals surface area contributed by atoms with E-state index in [4.69, 9.17) is 5.73 Å². The van der Waals surface area contributed by atoms with Crippen molar-refractivity contribution in [1.29, 1.82) is 0 Å². The molecule has 3 rings (SSSR count). The molecule has 0 bridgehead atoms. The number of aromatic nitrogens is 3. The first-order chi connectivity index (χ1) is 9.47. The standard InChI is InChI=1S/C13H9F3N4/c14-13(15,16)8-6-19-20(7-8)11-4-3-10(17)12-9(11)2-1-5-18-12/h1-7H,17H2. The molecule has 0 saturated carbocycles. The first-order valence-electron chi connectivity index (χ1n) is 5.72. The Kier molecular flexibility index (Phi) is 2.63. The topological polar surface area (TPSA) is 56.7 Å². The number of nitrogens with zero attached hydrogens (tertiary/aromatic N) is 3. The average Bonchev–Trinajstić information content (AvgIpc) is 2.89. The van der Waals surface area contributed by atoms with Crippen molar-refractivity contribution < 1.29 is 13.2 Å². The Hall–Kier alpha value is -2.57. The summed E-state index contributed by atoms with van der Waals surface area (Å²) in [6.07, 6.45) is -1.11. The van der Waals surface area contributed by atoms with Gasteiger partial charge in [-0.05, 0) is 24.3 Å². The summed E-state index contributed by atoms with van der Waals surface area (Å²) in [4.78, 5) is 4.13. The third-order valence-corrected chi connectivity index (χ3v) is 2.93. The van der Waals surface area contributed by atoms with Crippen molar-refractivity contribution in [1.82, 2.24) is 14.8 Å². The van der Waals surface area contributed by atoms with E-state index in [1.165, 1.54) is 4.68 Å². The third kappa shape index (κ3) is 1.97. The predicted octanol–water partition coefficient (Wildman–Crippen LogP) is 3.02. The van der Waals surface area contributed by atoms with Crippen LogP contribution in [0.3, 0.4) is 0 Å². The SMILES string of the molecule is Nc1ccc(-n2cc(C(F)(F)F)cn2)c2cccnc12. The lowest BCUT2D eigenvalue weighted by molar-refractivity contribution is -0.137. The number of benzene rings is 1. The summed E-state index contributed by atoms with van der Waals surface area (Å²) in [7, 11) is 0.